The molecular weight excluding hydrogens is 248 g/mol. The lowest BCUT2D eigenvalue weighted by atomic mass is 10.1. The summed E-state index contributed by atoms with van der Waals surface area (Å²) in [5.74, 6) is 0.739. The van der Waals surface area contributed by atoms with Gasteiger partial charge in [0.1, 0.15) is 5.75 Å². The van der Waals surface area contributed by atoms with E-state index in [1.807, 2.05) is 12.1 Å². The van der Waals surface area contributed by atoms with Crippen LogP contribution in [-0.2, 0) is 13.0 Å². The summed E-state index contributed by atoms with van der Waals surface area (Å²) in [6.07, 6.45) is 1.11. The van der Waals surface area contributed by atoms with Gasteiger partial charge in [0.25, 0.3) is 0 Å². The maximum Gasteiger partial charge on any atom is 0.141 e. The Kier molecular flexibility index (Phi) is 3.26. The lowest BCUT2D eigenvalue weighted by molar-refractivity contribution is 0.417. The average molecular weight is 268 g/mol. The van der Waals surface area contributed by atoms with Crippen LogP contribution in [0.2, 0.25) is 0 Å². The number of benzene rings is 2. The normalized spacial score (nSPS) is 17.1. The van der Waals surface area contributed by atoms with Crippen LogP contribution >= 0.6 is 0 Å². The number of nitrogens with two attached hydrogens (primary N) is 1. The molecule has 0 aliphatic carbocycles. The fourth-order valence-electron chi connectivity index (χ4n) is 2.95. The van der Waals surface area contributed by atoms with Gasteiger partial charge in [0.2, 0.25) is 0 Å². The Morgan fingerprint density at radius 2 is 2.05 bits per heavy atom. The van der Waals surface area contributed by atoms with Gasteiger partial charge in [-0.1, -0.05) is 24.3 Å². The molecule has 1 aliphatic rings. The highest BCUT2D eigenvalue weighted by molar-refractivity contribution is 5.60. The summed E-state index contributed by atoms with van der Waals surface area (Å²) in [6.45, 7) is 3.15. The van der Waals surface area contributed by atoms with Gasteiger partial charge in [-0.2, -0.15) is 0 Å². The second-order valence-corrected chi connectivity index (χ2v) is 5.39. The van der Waals surface area contributed by atoms with Crippen molar-refractivity contribution in [3.05, 3.63) is 53.6 Å². The first kappa shape index (κ1) is 12.9. The lowest BCUT2D eigenvalue weighted by Gasteiger charge is -2.25. The number of para-hydroxylation sites is 1. The number of methoxy groups -OCH3 is 1. The van der Waals surface area contributed by atoms with E-state index in [1.54, 1.807) is 7.11 Å². The third kappa shape index (κ3) is 2.20. The van der Waals surface area contributed by atoms with Crippen LogP contribution in [0.1, 0.15) is 18.1 Å². The largest absolute Gasteiger partial charge is 0.495 e. The molecule has 1 unspecified atom stereocenters. The number of ether oxygens (including phenoxy) is 1. The minimum absolute atomic E-state index is 0.524. The number of hydrogen-bond acceptors (Lipinski definition) is 3. The van der Waals surface area contributed by atoms with E-state index in [1.165, 1.54) is 16.8 Å². The first-order valence-electron chi connectivity index (χ1n) is 6.96. The molecule has 0 aromatic heterocycles. The molecule has 2 N–H and O–H groups in total. The molecule has 2 aromatic carbocycles. The third-order valence-corrected chi connectivity index (χ3v) is 4.00. The van der Waals surface area contributed by atoms with Crippen molar-refractivity contribution in [2.75, 3.05) is 17.7 Å². The number of nitrogens with zero attached hydrogens (tertiary/aromatic N) is 1. The van der Waals surface area contributed by atoms with E-state index in [4.69, 9.17) is 10.5 Å². The molecular formula is C17H20N2O. The highest BCUT2D eigenvalue weighted by atomic mass is 16.5. The molecule has 3 nitrogen and oxygen atoms in total. The van der Waals surface area contributed by atoms with Crippen molar-refractivity contribution < 1.29 is 4.74 Å². The summed E-state index contributed by atoms with van der Waals surface area (Å²) in [7, 11) is 1.64. The third-order valence-electron chi connectivity index (χ3n) is 4.00. The molecule has 3 rings (SSSR count). The van der Waals surface area contributed by atoms with Crippen LogP contribution < -0.4 is 15.4 Å². The molecule has 0 radical (unpaired) electrons. The van der Waals surface area contributed by atoms with E-state index in [2.05, 4.69) is 42.2 Å². The summed E-state index contributed by atoms with van der Waals surface area (Å²) in [5.41, 5.74) is 10.7. The minimum Gasteiger partial charge on any atom is -0.495 e. The van der Waals surface area contributed by atoms with E-state index >= 15 is 0 Å². The maximum atomic E-state index is 5.99. The van der Waals surface area contributed by atoms with Crippen molar-refractivity contribution in [1.29, 1.82) is 0 Å². The molecule has 0 spiro atoms. The number of hydrogen-bond donors (Lipinski definition) is 1. The van der Waals surface area contributed by atoms with Crippen LogP contribution in [0.25, 0.3) is 0 Å². The first-order valence-corrected chi connectivity index (χ1v) is 6.96. The predicted molar refractivity (Wildman–Crippen MR) is 83.2 cm³/mol. The van der Waals surface area contributed by atoms with Crippen molar-refractivity contribution in [1.82, 2.24) is 0 Å². The molecule has 2 aromatic rings. The van der Waals surface area contributed by atoms with E-state index in [9.17, 15) is 0 Å². The molecule has 20 heavy (non-hydrogen) atoms. The van der Waals surface area contributed by atoms with Gasteiger partial charge in [-0.3, -0.25) is 0 Å². The smallest absolute Gasteiger partial charge is 0.141 e. The van der Waals surface area contributed by atoms with Gasteiger partial charge in [-0.25, -0.2) is 0 Å². The monoisotopic (exact) mass is 268 g/mol. The van der Waals surface area contributed by atoms with Crippen LogP contribution in [0.4, 0.5) is 11.4 Å². The second kappa shape index (κ2) is 5.08. The van der Waals surface area contributed by atoms with Crippen LogP contribution in [0.5, 0.6) is 5.75 Å². The summed E-state index contributed by atoms with van der Waals surface area (Å²) in [5, 5.41) is 0. The molecule has 1 heterocycles. The quantitative estimate of drug-likeness (QED) is 0.869. The summed E-state index contributed by atoms with van der Waals surface area (Å²) < 4.78 is 5.21. The molecule has 0 saturated carbocycles. The fourth-order valence-corrected chi connectivity index (χ4v) is 2.95. The molecule has 0 amide bonds. The van der Waals surface area contributed by atoms with Crippen molar-refractivity contribution in [3.63, 3.8) is 0 Å². The number of anilines is 2. The Hall–Kier alpha value is -2.16. The number of rotatable bonds is 3. The summed E-state index contributed by atoms with van der Waals surface area (Å²) >= 11 is 0. The minimum atomic E-state index is 0.524. The molecule has 0 saturated heterocycles. The predicted octanol–water partition coefficient (Wildman–Crippen LogP) is 3.23. The second-order valence-electron chi connectivity index (χ2n) is 5.39. The lowest BCUT2D eigenvalue weighted by Crippen LogP contribution is -2.28. The van der Waals surface area contributed by atoms with Crippen LogP contribution in [0.3, 0.4) is 0 Å². The van der Waals surface area contributed by atoms with Gasteiger partial charge in [0.15, 0.2) is 0 Å². The van der Waals surface area contributed by atoms with Gasteiger partial charge in [0, 0.05) is 18.3 Å². The zero-order valence-corrected chi connectivity index (χ0v) is 12.0. The molecule has 1 atom stereocenters. The number of nitrogen functional groups attached to an aromatic ring is 1. The Bertz CT molecular complexity index is 624. The summed E-state index contributed by atoms with van der Waals surface area (Å²) in [6, 6.07) is 15.2. The Balaban J connectivity index is 1.86. The first-order chi connectivity index (χ1) is 9.69. The van der Waals surface area contributed by atoms with Crippen LogP contribution in [0.15, 0.2) is 42.5 Å². The van der Waals surface area contributed by atoms with Crippen molar-refractivity contribution in [3.8, 4) is 5.75 Å². The Morgan fingerprint density at radius 1 is 1.25 bits per heavy atom. The highest BCUT2D eigenvalue weighted by Gasteiger charge is 2.25. The standard InChI is InChI=1S/C17H20N2O/c1-12-9-14-5-3-4-6-16(14)19(12)11-13-7-8-17(20-2)15(18)10-13/h3-8,10,12H,9,11,18H2,1-2H3. The Morgan fingerprint density at radius 3 is 2.80 bits per heavy atom. The van der Waals surface area contributed by atoms with Crippen molar-refractivity contribution in [2.24, 2.45) is 0 Å². The summed E-state index contributed by atoms with van der Waals surface area (Å²) in [4.78, 5) is 2.44. The van der Waals surface area contributed by atoms with E-state index in [0.717, 1.165) is 18.7 Å². The van der Waals surface area contributed by atoms with Gasteiger partial charge in [0.05, 0.1) is 12.8 Å². The van der Waals surface area contributed by atoms with E-state index in [-0.39, 0.29) is 0 Å². The molecule has 0 fully saturated rings. The van der Waals surface area contributed by atoms with Crippen LogP contribution in [-0.4, -0.2) is 13.2 Å². The van der Waals surface area contributed by atoms with E-state index in [0.29, 0.717) is 11.7 Å². The zero-order valence-electron chi connectivity index (χ0n) is 12.0. The molecule has 104 valence electrons. The highest BCUT2D eigenvalue weighted by Crippen LogP contribution is 2.33. The van der Waals surface area contributed by atoms with Gasteiger partial charge in [-0.05, 0) is 42.7 Å². The topological polar surface area (TPSA) is 38.5 Å². The van der Waals surface area contributed by atoms with Gasteiger partial charge >= 0.3 is 0 Å². The zero-order chi connectivity index (χ0) is 14.1. The Labute approximate surface area is 120 Å². The van der Waals surface area contributed by atoms with Crippen molar-refractivity contribution in [2.45, 2.75) is 25.9 Å². The van der Waals surface area contributed by atoms with Gasteiger partial charge < -0.3 is 15.4 Å². The molecule has 1 aliphatic heterocycles. The van der Waals surface area contributed by atoms with E-state index < -0.39 is 0 Å². The van der Waals surface area contributed by atoms with Crippen molar-refractivity contribution >= 4 is 11.4 Å². The average Bonchev–Trinajstić information content (AvgIpc) is 2.76. The van der Waals surface area contributed by atoms with Gasteiger partial charge in [-0.15, -0.1) is 0 Å². The fraction of sp³-hybridized carbons (Fsp3) is 0.294. The SMILES string of the molecule is COc1ccc(CN2c3ccccc3CC2C)cc1N. The number of fused-ring (bicyclic) bond motifs is 1. The van der Waals surface area contributed by atoms with Crippen LogP contribution in [0, 0.1) is 0 Å². The molecule has 3 heteroatoms. The maximum absolute atomic E-state index is 5.99. The molecule has 0 bridgehead atoms.